The number of halogens is 4. The molecule has 2 aromatic carbocycles. The first-order chi connectivity index (χ1) is 16.1. The van der Waals surface area contributed by atoms with Crippen molar-refractivity contribution in [1.29, 1.82) is 0 Å². The molecule has 9 heteroatoms. The van der Waals surface area contributed by atoms with E-state index in [1.165, 1.54) is 25.1 Å². The van der Waals surface area contributed by atoms with Gasteiger partial charge < -0.3 is 9.80 Å². The summed E-state index contributed by atoms with van der Waals surface area (Å²) in [7, 11) is 0. The first-order valence-electron chi connectivity index (χ1n) is 11.3. The lowest BCUT2D eigenvalue weighted by molar-refractivity contribution is -0.137. The smallest absolute Gasteiger partial charge is 0.366 e. The van der Waals surface area contributed by atoms with Crippen molar-refractivity contribution < 1.29 is 27.2 Å². The minimum atomic E-state index is -4.37. The van der Waals surface area contributed by atoms with E-state index >= 15 is 0 Å². The fourth-order valence-corrected chi connectivity index (χ4v) is 4.24. The Morgan fingerprint density at radius 1 is 1.00 bits per heavy atom. The van der Waals surface area contributed by atoms with Gasteiger partial charge >= 0.3 is 6.18 Å². The fraction of sp³-hybridized carbons (Fsp3) is 0.440. The normalized spacial score (nSPS) is 16.8. The molecule has 0 N–H and O–H groups in total. The number of carbonyl (C=O) groups is 2. The van der Waals surface area contributed by atoms with Crippen molar-refractivity contribution >= 4 is 17.4 Å². The number of hydrogen-bond acceptors (Lipinski definition) is 4. The lowest BCUT2D eigenvalue weighted by atomic mass is 10.1. The molecule has 4 rings (SSSR count). The van der Waals surface area contributed by atoms with Gasteiger partial charge in [-0.1, -0.05) is 12.1 Å². The molecule has 34 heavy (non-hydrogen) atoms. The predicted molar refractivity (Wildman–Crippen MR) is 120 cm³/mol. The van der Waals surface area contributed by atoms with E-state index in [4.69, 9.17) is 0 Å². The summed E-state index contributed by atoms with van der Waals surface area (Å²) in [6, 6.07) is 9.79. The molecule has 1 saturated heterocycles. The Labute approximate surface area is 195 Å². The Bertz CT molecular complexity index is 1040. The van der Waals surface area contributed by atoms with E-state index < -0.39 is 17.6 Å². The van der Waals surface area contributed by atoms with Gasteiger partial charge in [-0.25, -0.2) is 4.39 Å². The average molecular weight is 478 g/mol. The van der Waals surface area contributed by atoms with Crippen molar-refractivity contribution in [2.24, 2.45) is 0 Å². The molecular weight excluding hydrogens is 450 g/mol. The number of Topliss-reactive ketones (excluding diaryl/α,β-unsaturated/α-hetero) is 1. The lowest BCUT2D eigenvalue weighted by Crippen LogP contribution is -2.51. The quantitative estimate of drug-likeness (QED) is 0.439. The molecular formula is C25H27F4N3O2. The maximum Gasteiger partial charge on any atom is 0.416 e. The van der Waals surface area contributed by atoms with Gasteiger partial charge in [0, 0.05) is 44.3 Å². The van der Waals surface area contributed by atoms with E-state index in [0.717, 1.165) is 30.5 Å². The Balaban J connectivity index is 1.33. The van der Waals surface area contributed by atoms with Crippen LogP contribution in [0.1, 0.15) is 41.3 Å². The van der Waals surface area contributed by atoms with Crippen LogP contribution in [-0.4, -0.2) is 60.3 Å². The number of benzene rings is 2. The van der Waals surface area contributed by atoms with Gasteiger partial charge in [0.1, 0.15) is 5.82 Å². The number of rotatable bonds is 7. The third-order valence-electron chi connectivity index (χ3n) is 6.40. The maximum atomic E-state index is 14.5. The summed E-state index contributed by atoms with van der Waals surface area (Å²) >= 11 is 0. The summed E-state index contributed by atoms with van der Waals surface area (Å²) in [5, 5.41) is 0. The third-order valence-corrected chi connectivity index (χ3v) is 6.40. The number of piperazine rings is 1. The van der Waals surface area contributed by atoms with Crippen LogP contribution in [-0.2, 0) is 17.5 Å². The summed E-state index contributed by atoms with van der Waals surface area (Å²) in [5.41, 5.74) is 0.792. The zero-order valence-electron chi connectivity index (χ0n) is 18.9. The minimum absolute atomic E-state index is 0.0362. The highest BCUT2D eigenvalue weighted by molar-refractivity contribution is 5.94. The van der Waals surface area contributed by atoms with E-state index in [2.05, 4.69) is 0 Å². The van der Waals surface area contributed by atoms with Crippen molar-refractivity contribution in [2.45, 2.75) is 38.5 Å². The van der Waals surface area contributed by atoms with Crippen LogP contribution in [0.3, 0.4) is 0 Å². The van der Waals surface area contributed by atoms with Gasteiger partial charge in [-0.05, 0) is 55.7 Å². The summed E-state index contributed by atoms with van der Waals surface area (Å²) in [6.07, 6.45) is -2.43. The second kappa shape index (κ2) is 9.74. The van der Waals surface area contributed by atoms with E-state index in [-0.39, 0.29) is 24.3 Å². The monoisotopic (exact) mass is 477 g/mol. The van der Waals surface area contributed by atoms with Crippen molar-refractivity contribution in [3.63, 3.8) is 0 Å². The highest BCUT2D eigenvalue weighted by atomic mass is 19.4. The van der Waals surface area contributed by atoms with Crippen LogP contribution in [0.4, 0.5) is 23.2 Å². The molecule has 2 aliphatic rings. The summed E-state index contributed by atoms with van der Waals surface area (Å²) in [5.74, 6) is -0.688. The van der Waals surface area contributed by atoms with Crippen molar-refractivity contribution in [3.05, 3.63) is 65.0 Å². The largest absolute Gasteiger partial charge is 0.416 e. The molecule has 0 unspecified atom stereocenters. The summed E-state index contributed by atoms with van der Waals surface area (Å²) in [6.45, 7) is 3.86. The van der Waals surface area contributed by atoms with Crippen LogP contribution in [0.15, 0.2) is 42.5 Å². The lowest BCUT2D eigenvalue weighted by Gasteiger charge is -2.37. The second-order valence-electron chi connectivity index (χ2n) is 8.92. The molecule has 0 bridgehead atoms. The molecule has 1 amide bonds. The molecule has 1 aliphatic heterocycles. The highest BCUT2D eigenvalue weighted by Gasteiger charge is 2.33. The maximum absolute atomic E-state index is 14.5. The number of amides is 1. The van der Waals surface area contributed by atoms with Gasteiger partial charge in [-0.2, -0.15) is 13.2 Å². The topological polar surface area (TPSA) is 43.9 Å². The molecule has 1 saturated carbocycles. The molecule has 2 aromatic rings. The Morgan fingerprint density at radius 2 is 1.65 bits per heavy atom. The van der Waals surface area contributed by atoms with E-state index in [1.807, 2.05) is 9.80 Å². The van der Waals surface area contributed by atoms with Gasteiger partial charge in [-0.3, -0.25) is 14.5 Å². The molecule has 1 aliphatic carbocycles. The van der Waals surface area contributed by atoms with Gasteiger partial charge in [0.05, 0.1) is 17.8 Å². The third kappa shape index (κ3) is 5.75. The predicted octanol–water partition coefficient (Wildman–Crippen LogP) is 4.36. The van der Waals surface area contributed by atoms with Crippen molar-refractivity contribution in [2.75, 3.05) is 37.6 Å². The zero-order valence-corrected chi connectivity index (χ0v) is 18.9. The number of hydrogen-bond donors (Lipinski definition) is 0. The first-order valence-corrected chi connectivity index (χ1v) is 11.3. The van der Waals surface area contributed by atoms with Crippen molar-refractivity contribution in [1.82, 2.24) is 9.80 Å². The van der Waals surface area contributed by atoms with Crippen LogP contribution in [0.25, 0.3) is 0 Å². The first kappa shape index (κ1) is 24.2. The molecule has 0 radical (unpaired) electrons. The van der Waals surface area contributed by atoms with E-state index in [0.29, 0.717) is 44.0 Å². The summed E-state index contributed by atoms with van der Waals surface area (Å²) in [4.78, 5) is 30.0. The second-order valence-corrected chi connectivity index (χ2v) is 8.92. The van der Waals surface area contributed by atoms with E-state index in [9.17, 15) is 27.2 Å². The van der Waals surface area contributed by atoms with Gasteiger partial charge in [0.2, 0.25) is 5.91 Å². The fourth-order valence-electron chi connectivity index (χ4n) is 4.24. The number of alkyl halides is 3. The molecule has 5 nitrogen and oxygen atoms in total. The van der Waals surface area contributed by atoms with Crippen LogP contribution in [0, 0.1) is 5.82 Å². The zero-order chi connectivity index (χ0) is 24.5. The number of carbonyl (C=O) groups excluding carboxylic acids is 2. The Morgan fingerprint density at radius 3 is 2.18 bits per heavy atom. The Hall–Kier alpha value is -2.94. The molecule has 0 aromatic heterocycles. The van der Waals surface area contributed by atoms with Gasteiger partial charge in [-0.15, -0.1) is 0 Å². The van der Waals surface area contributed by atoms with Crippen LogP contribution < -0.4 is 4.90 Å². The van der Waals surface area contributed by atoms with Crippen LogP contribution in [0.5, 0.6) is 0 Å². The average Bonchev–Trinajstić information content (AvgIpc) is 3.64. The molecule has 1 heterocycles. The standard InChI is InChI=1S/C25H27F4N3O2/c1-17(33)19-4-9-23(22(26)14-19)30-10-12-31(13-11-30)24(34)16-32(21-7-8-21)15-18-2-5-20(6-3-18)25(27,28)29/h2-6,9,14,21H,7-8,10-13,15-16H2,1H3. The highest BCUT2D eigenvalue weighted by Crippen LogP contribution is 2.31. The minimum Gasteiger partial charge on any atom is -0.366 e. The molecule has 182 valence electrons. The Kier molecular flexibility index (Phi) is 6.93. The number of ketones is 1. The van der Waals surface area contributed by atoms with Crippen LogP contribution >= 0.6 is 0 Å². The van der Waals surface area contributed by atoms with Gasteiger partial charge in [0.25, 0.3) is 0 Å². The number of anilines is 1. The van der Waals surface area contributed by atoms with Gasteiger partial charge in [0.15, 0.2) is 5.78 Å². The van der Waals surface area contributed by atoms with Crippen molar-refractivity contribution in [3.8, 4) is 0 Å². The SMILES string of the molecule is CC(=O)c1ccc(N2CCN(C(=O)CN(Cc3ccc(C(F)(F)F)cc3)C3CC3)CC2)c(F)c1. The molecule has 0 spiro atoms. The van der Waals surface area contributed by atoms with E-state index in [1.54, 1.807) is 17.0 Å². The summed E-state index contributed by atoms with van der Waals surface area (Å²) < 4.78 is 52.9. The number of nitrogens with zero attached hydrogens (tertiary/aromatic N) is 3. The molecule has 2 fully saturated rings. The van der Waals surface area contributed by atoms with Crippen LogP contribution in [0.2, 0.25) is 0 Å². The molecule has 0 atom stereocenters.